The lowest BCUT2D eigenvalue weighted by Gasteiger charge is -2.10. The fraction of sp³-hybridized carbons (Fsp3) is 0.250. The molecule has 2 aromatic rings. The van der Waals surface area contributed by atoms with E-state index in [-0.39, 0.29) is 19.0 Å². The summed E-state index contributed by atoms with van der Waals surface area (Å²) in [5.41, 5.74) is 0.326. The maximum atomic E-state index is 12.1. The van der Waals surface area contributed by atoms with Crippen LogP contribution in [0.5, 0.6) is 11.5 Å². The first kappa shape index (κ1) is 16.4. The molecule has 7 heteroatoms. The van der Waals surface area contributed by atoms with Gasteiger partial charge in [0.2, 0.25) is 5.91 Å². The van der Waals surface area contributed by atoms with Crippen molar-refractivity contribution in [1.29, 1.82) is 0 Å². The van der Waals surface area contributed by atoms with Gasteiger partial charge >= 0.3 is 0 Å². The van der Waals surface area contributed by atoms with Crippen molar-refractivity contribution in [3.8, 4) is 11.5 Å². The van der Waals surface area contributed by atoms with Crippen molar-refractivity contribution in [2.24, 2.45) is 0 Å². The molecule has 0 aliphatic heterocycles. The zero-order valence-corrected chi connectivity index (χ0v) is 12.9. The van der Waals surface area contributed by atoms with Gasteiger partial charge in [-0.15, -0.1) is 0 Å². The third kappa shape index (κ3) is 4.50. The molecule has 0 saturated carbocycles. The molecule has 0 aliphatic rings. The molecule has 2 rings (SSSR count). The zero-order valence-electron chi connectivity index (χ0n) is 12.9. The van der Waals surface area contributed by atoms with Crippen molar-refractivity contribution in [2.45, 2.75) is 6.54 Å². The van der Waals surface area contributed by atoms with E-state index in [1.165, 1.54) is 20.5 Å². The Bertz CT molecular complexity index is 667. The quantitative estimate of drug-likeness (QED) is 0.804. The number of hydrogen-bond donors (Lipinski definition) is 2. The van der Waals surface area contributed by atoms with Crippen LogP contribution in [0.4, 0.5) is 0 Å². The van der Waals surface area contributed by atoms with E-state index < -0.39 is 5.91 Å². The molecule has 0 aliphatic carbocycles. The van der Waals surface area contributed by atoms with Crippen molar-refractivity contribution in [3.05, 3.63) is 47.9 Å². The molecule has 2 amide bonds. The van der Waals surface area contributed by atoms with Crippen molar-refractivity contribution in [2.75, 3.05) is 20.8 Å². The molecule has 2 N–H and O–H groups in total. The Morgan fingerprint density at radius 1 is 1.13 bits per heavy atom. The number of carbonyl (C=O) groups excluding carboxylic acids is 2. The third-order valence-electron chi connectivity index (χ3n) is 3.10. The van der Waals surface area contributed by atoms with Gasteiger partial charge in [0.15, 0.2) is 0 Å². The molecular weight excluding hydrogens is 300 g/mol. The molecule has 0 spiro atoms. The van der Waals surface area contributed by atoms with Crippen molar-refractivity contribution >= 4 is 11.8 Å². The molecule has 0 radical (unpaired) electrons. The largest absolute Gasteiger partial charge is 0.497 e. The second kappa shape index (κ2) is 7.88. The van der Waals surface area contributed by atoms with Gasteiger partial charge in [-0.1, -0.05) is 0 Å². The molecule has 23 heavy (non-hydrogen) atoms. The van der Waals surface area contributed by atoms with E-state index in [0.717, 1.165) is 0 Å². The van der Waals surface area contributed by atoms with Crippen LogP contribution in [0.1, 0.15) is 16.1 Å². The van der Waals surface area contributed by atoms with Crippen molar-refractivity contribution < 1.29 is 23.5 Å². The Hall–Kier alpha value is -2.96. The van der Waals surface area contributed by atoms with E-state index in [2.05, 4.69) is 10.6 Å². The number of hydrogen-bond acceptors (Lipinski definition) is 5. The van der Waals surface area contributed by atoms with Crippen LogP contribution in [-0.4, -0.2) is 32.6 Å². The SMILES string of the molecule is COc1ccc(C(=O)NCC(=O)NCc2ccco2)c(OC)c1. The average molecular weight is 318 g/mol. The summed E-state index contributed by atoms with van der Waals surface area (Å²) in [6, 6.07) is 8.31. The van der Waals surface area contributed by atoms with Gasteiger partial charge < -0.3 is 24.5 Å². The van der Waals surface area contributed by atoms with E-state index >= 15 is 0 Å². The minimum atomic E-state index is -0.405. The number of furan rings is 1. The van der Waals surface area contributed by atoms with Gasteiger partial charge in [-0.2, -0.15) is 0 Å². The van der Waals surface area contributed by atoms with Gasteiger partial charge in [-0.3, -0.25) is 9.59 Å². The summed E-state index contributed by atoms with van der Waals surface area (Å²) in [7, 11) is 2.99. The van der Waals surface area contributed by atoms with Gasteiger partial charge in [0.25, 0.3) is 5.91 Å². The Balaban J connectivity index is 1.87. The fourth-order valence-electron chi connectivity index (χ4n) is 1.90. The molecule has 122 valence electrons. The monoisotopic (exact) mass is 318 g/mol. The van der Waals surface area contributed by atoms with Crippen LogP contribution in [0.2, 0.25) is 0 Å². The van der Waals surface area contributed by atoms with E-state index in [1.54, 1.807) is 30.3 Å². The number of carbonyl (C=O) groups is 2. The van der Waals surface area contributed by atoms with Gasteiger partial charge in [-0.05, 0) is 24.3 Å². The summed E-state index contributed by atoms with van der Waals surface area (Å²) >= 11 is 0. The maximum absolute atomic E-state index is 12.1. The molecule has 7 nitrogen and oxygen atoms in total. The molecule has 1 aromatic heterocycles. The second-order valence-electron chi connectivity index (χ2n) is 4.60. The Morgan fingerprint density at radius 2 is 1.96 bits per heavy atom. The minimum Gasteiger partial charge on any atom is -0.497 e. The fourth-order valence-corrected chi connectivity index (χ4v) is 1.90. The number of nitrogens with one attached hydrogen (secondary N) is 2. The summed E-state index contributed by atoms with van der Waals surface area (Å²) < 4.78 is 15.3. The highest BCUT2D eigenvalue weighted by molar-refractivity contribution is 5.98. The van der Waals surface area contributed by atoms with Crippen LogP contribution in [0, 0.1) is 0 Å². The van der Waals surface area contributed by atoms with Crippen LogP contribution < -0.4 is 20.1 Å². The number of benzene rings is 1. The molecular formula is C16H18N2O5. The van der Waals surface area contributed by atoms with Crippen LogP contribution in [0.15, 0.2) is 41.0 Å². The number of methoxy groups -OCH3 is 2. The molecule has 0 bridgehead atoms. The van der Waals surface area contributed by atoms with Crippen molar-refractivity contribution in [1.82, 2.24) is 10.6 Å². The van der Waals surface area contributed by atoms with Gasteiger partial charge in [0, 0.05) is 6.07 Å². The smallest absolute Gasteiger partial charge is 0.255 e. The highest BCUT2D eigenvalue weighted by atomic mass is 16.5. The lowest BCUT2D eigenvalue weighted by molar-refractivity contribution is -0.120. The van der Waals surface area contributed by atoms with Gasteiger partial charge in [0.1, 0.15) is 17.3 Å². The summed E-state index contributed by atoms with van der Waals surface area (Å²) in [5.74, 6) is 0.869. The predicted octanol–water partition coefficient (Wildman–Crippen LogP) is 1.34. The topological polar surface area (TPSA) is 89.8 Å². The van der Waals surface area contributed by atoms with Crippen LogP contribution in [-0.2, 0) is 11.3 Å². The Labute approximate surface area is 133 Å². The van der Waals surface area contributed by atoms with Gasteiger partial charge in [-0.25, -0.2) is 0 Å². The average Bonchev–Trinajstić information content (AvgIpc) is 3.10. The van der Waals surface area contributed by atoms with Crippen LogP contribution in [0.25, 0.3) is 0 Å². The molecule has 0 unspecified atom stereocenters. The van der Waals surface area contributed by atoms with E-state index in [1.807, 2.05) is 0 Å². The molecule has 0 saturated heterocycles. The Kier molecular flexibility index (Phi) is 5.62. The molecule has 0 fully saturated rings. The van der Waals surface area contributed by atoms with E-state index in [9.17, 15) is 9.59 Å². The summed E-state index contributed by atoms with van der Waals surface area (Å²) in [4.78, 5) is 23.8. The predicted molar refractivity (Wildman–Crippen MR) is 82.4 cm³/mol. The summed E-state index contributed by atoms with van der Waals surface area (Å²) in [5, 5.41) is 5.18. The number of ether oxygens (including phenoxy) is 2. The molecule has 1 aromatic carbocycles. The van der Waals surface area contributed by atoms with Crippen LogP contribution >= 0.6 is 0 Å². The first-order valence-electron chi connectivity index (χ1n) is 6.93. The summed E-state index contributed by atoms with van der Waals surface area (Å²) in [6.07, 6.45) is 1.53. The van der Waals surface area contributed by atoms with Crippen molar-refractivity contribution in [3.63, 3.8) is 0 Å². The first-order valence-corrected chi connectivity index (χ1v) is 6.93. The van der Waals surface area contributed by atoms with E-state index in [4.69, 9.17) is 13.9 Å². The standard InChI is InChI=1S/C16H18N2O5/c1-21-11-5-6-13(14(8-11)22-2)16(20)18-10-15(19)17-9-12-4-3-7-23-12/h3-8H,9-10H2,1-2H3,(H,17,19)(H,18,20). The molecule has 0 atom stereocenters. The lowest BCUT2D eigenvalue weighted by atomic mass is 10.1. The Morgan fingerprint density at radius 3 is 2.61 bits per heavy atom. The van der Waals surface area contributed by atoms with Crippen LogP contribution in [0.3, 0.4) is 0 Å². The first-order chi connectivity index (χ1) is 11.1. The minimum absolute atomic E-state index is 0.144. The zero-order chi connectivity index (χ0) is 16.7. The lowest BCUT2D eigenvalue weighted by Crippen LogP contribution is -2.36. The molecule has 1 heterocycles. The summed E-state index contributed by atoms with van der Waals surface area (Å²) in [6.45, 7) is 0.127. The second-order valence-corrected chi connectivity index (χ2v) is 4.60. The number of amides is 2. The number of rotatable bonds is 7. The van der Waals surface area contributed by atoms with Gasteiger partial charge in [0.05, 0.1) is 39.1 Å². The van der Waals surface area contributed by atoms with E-state index in [0.29, 0.717) is 22.8 Å². The third-order valence-corrected chi connectivity index (χ3v) is 3.10. The highest BCUT2D eigenvalue weighted by Crippen LogP contribution is 2.24. The highest BCUT2D eigenvalue weighted by Gasteiger charge is 2.14. The normalized spacial score (nSPS) is 10.0. The maximum Gasteiger partial charge on any atom is 0.255 e.